The summed E-state index contributed by atoms with van der Waals surface area (Å²) in [4.78, 5) is 13.7. The van der Waals surface area contributed by atoms with Crippen molar-refractivity contribution in [1.29, 1.82) is 0 Å². The molecule has 1 amide bonds. The summed E-state index contributed by atoms with van der Waals surface area (Å²) in [5.41, 5.74) is -0.881. The van der Waals surface area contributed by atoms with Gasteiger partial charge in [0.05, 0.1) is 5.60 Å². The zero-order chi connectivity index (χ0) is 13.6. The van der Waals surface area contributed by atoms with E-state index in [1.165, 1.54) is 0 Å². The Morgan fingerprint density at radius 1 is 1.41 bits per heavy atom. The fraction of sp³-hybridized carbons (Fsp3) is 0.923. The summed E-state index contributed by atoms with van der Waals surface area (Å²) < 4.78 is 0. The predicted molar refractivity (Wildman–Crippen MR) is 70.8 cm³/mol. The fourth-order valence-electron chi connectivity index (χ4n) is 1.79. The summed E-state index contributed by atoms with van der Waals surface area (Å²) in [6.07, 6.45) is 0.989. The second kappa shape index (κ2) is 6.97. The van der Waals surface area contributed by atoms with Gasteiger partial charge in [-0.25, -0.2) is 0 Å². The normalized spacial score (nSPS) is 18.6. The maximum Gasteiger partial charge on any atom is 0.223 e. The topological polar surface area (TPSA) is 52.6 Å². The van der Waals surface area contributed by atoms with Crippen LogP contribution in [0.15, 0.2) is 0 Å². The van der Waals surface area contributed by atoms with Crippen molar-refractivity contribution in [3.05, 3.63) is 0 Å². The predicted octanol–water partition coefficient (Wildman–Crippen LogP) is 1.10. The van der Waals surface area contributed by atoms with Crippen LogP contribution in [0.1, 0.15) is 34.1 Å². The van der Waals surface area contributed by atoms with Crippen molar-refractivity contribution in [2.24, 2.45) is 11.8 Å². The first kappa shape index (κ1) is 16.4. The molecule has 0 aliphatic heterocycles. The van der Waals surface area contributed by atoms with Gasteiger partial charge in [-0.2, -0.15) is 0 Å². The lowest BCUT2D eigenvalue weighted by atomic mass is 9.92. The van der Waals surface area contributed by atoms with E-state index in [0.717, 1.165) is 6.42 Å². The molecule has 3 unspecified atom stereocenters. The smallest absolute Gasteiger partial charge is 0.223 e. The maximum absolute atomic E-state index is 11.8. The van der Waals surface area contributed by atoms with Gasteiger partial charge >= 0.3 is 0 Å². The molecule has 4 heteroatoms. The molecule has 0 fully saturated rings. The van der Waals surface area contributed by atoms with Crippen LogP contribution in [0, 0.1) is 11.8 Å². The van der Waals surface area contributed by atoms with Crippen molar-refractivity contribution >= 4 is 5.91 Å². The highest BCUT2D eigenvalue weighted by atomic mass is 16.3. The minimum atomic E-state index is -0.881. The average molecular weight is 244 g/mol. The molecule has 0 aliphatic carbocycles. The Bertz CT molecular complexity index is 240. The number of hydrogen-bond donors (Lipinski definition) is 2. The number of carbonyl (C=O) groups is 1. The zero-order valence-corrected chi connectivity index (χ0v) is 12.1. The zero-order valence-electron chi connectivity index (χ0n) is 12.1. The third-order valence-electron chi connectivity index (χ3n) is 3.21. The number of aliphatic hydroxyl groups is 1. The molecule has 0 saturated carbocycles. The molecule has 0 bridgehead atoms. The van der Waals surface area contributed by atoms with E-state index < -0.39 is 5.60 Å². The van der Waals surface area contributed by atoms with E-state index in [4.69, 9.17) is 0 Å². The van der Waals surface area contributed by atoms with Gasteiger partial charge in [-0.3, -0.25) is 4.79 Å². The summed E-state index contributed by atoms with van der Waals surface area (Å²) in [6.45, 7) is 8.65. The fourth-order valence-corrected chi connectivity index (χ4v) is 1.79. The quantitative estimate of drug-likeness (QED) is 0.705. The molecular formula is C13H28N2O2. The van der Waals surface area contributed by atoms with Gasteiger partial charge in [0, 0.05) is 19.0 Å². The van der Waals surface area contributed by atoms with Gasteiger partial charge in [-0.05, 0) is 26.9 Å². The second-order valence-corrected chi connectivity index (χ2v) is 5.63. The molecule has 2 N–H and O–H groups in total. The highest BCUT2D eigenvalue weighted by Gasteiger charge is 2.24. The Hall–Kier alpha value is -0.610. The summed E-state index contributed by atoms with van der Waals surface area (Å²) in [7, 11) is 3.80. The van der Waals surface area contributed by atoms with E-state index >= 15 is 0 Å². The van der Waals surface area contributed by atoms with Gasteiger partial charge in [-0.15, -0.1) is 0 Å². The summed E-state index contributed by atoms with van der Waals surface area (Å²) >= 11 is 0. The van der Waals surface area contributed by atoms with Crippen LogP contribution in [0.2, 0.25) is 0 Å². The number of rotatable bonds is 7. The van der Waals surface area contributed by atoms with E-state index in [9.17, 15) is 9.90 Å². The monoisotopic (exact) mass is 244 g/mol. The van der Waals surface area contributed by atoms with Crippen LogP contribution in [-0.4, -0.2) is 48.7 Å². The average Bonchev–Trinajstić information content (AvgIpc) is 2.22. The molecule has 0 saturated heterocycles. The van der Waals surface area contributed by atoms with Crippen molar-refractivity contribution in [3.63, 3.8) is 0 Å². The molecule has 0 spiro atoms. The number of hydrogen-bond acceptors (Lipinski definition) is 3. The highest BCUT2D eigenvalue weighted by Crippen LogP contribution is 2.14. The Kier molecular flexibility index (Phi) is 6.72. The van der Waals surface area contributed by atoms with E-state index in [1.807, 2.05) is 25.9 Å². The van der Waals surface area contributed by atoms with E-state index in [0.29, 0.717) is 19.0 Å². The van der Waals surface area contributed by atoms with Crippen molar-refractivity contribution in [2.75, 3.05) is 27.2 Å². The largest absolute Gasteiger partial charge is 0.387 e. The van der Waals surface area contributed by atoms with Crippen LogP contribution in [0.3, 0.4) is 0 Å². The standard InChI is InChI=1S/C13H28N2O2/c1-7-10(2)11(3)12(16)14-8-13(4,17)9-15(5)6/h10-11,17H,7-9H2,1-6H3,(H,14,16). The summed E-state index contributed by atoms with van der Waals surface area (Å²) in [5, 5.41) is 12.9. The molecule has 0 aliphatic rings. The first-order chi connectivity index (χ1) is 7.69. The molecule has 0 heterocycles. The van der Waals surface area contributed by atoms with Crippen LogP contribution >= 0.6 is 0 Å². The first-order valence-electron chi connectivity index (χ1n) is 6.34. The van der Waals surface area contributed by atoms with Crippen molar-refractivity contribution in [2.45, 2.75) is 39.7 Å². The van der Waals surface area contributed by atoms with E-state index in [1.54, 1.807) is 6.92 Å². The minimum Gasteiger partial charge on any atom is -0.387 e. The molecule has 3 atom stereocenters. The number of amides is 1. The van der Waals surface area contributed by atoms with Gasteiger partial charge < -0.3 is 15.3 Å². The first-order valence-corrected chi connectivity index (χ1v) is 6.34. The molecular weight excluding hydrogens is 216 g/mol. The molecule has 0 aromatic carbocycles. The van der Waals surface area contributed by atoms with Crippen molar-refractivity contribution < 1.29 is 9.90 Å². The van der Waals surface area contributed by atoms with E-state index in [2.05, 4.69) is 19.2 Å². The van der Waals surface area contributed by atoms with Crippen molar-refractivity contribution in [1.82, 2.24) is 10.2 Å². The molecule has 102 valence electrons. The number of likely N-dealkylation sites (N-methyl/N-ethyl adjacent to an activating group) is 1. The molecule has 0 rings (SSSR count). The minimum absolute atomic E-state index is 0.00449. The third kappa shape index (κ3) is 6.64. The van der Waals surface area contributed by atoms with Crippen molar-refractivity contribution in [3.8, 4) is 0 Å². The van der Waals surface area contributed by atoms with Gasteiger partial charge in [0.2, 0.25) is 5.91 Å². The lowest BCUT2D eigenvalue weighted by Gasteiger charge is -2.28. The Labute approximate surface area is 105 Å². The van der Waals surface area contributed by atoms with Gasteiger partial charge in [0.25, 0.3) is 0 Å². The molecule has 0 radical (unpaired) electrons. The number of nitrogens with one attached hydrogen (secondary N) is 1. The second-order valence-electron chi connectivity index (χ2n) is 5.63. The SMILES string of the molecule is CCC(C)C(C)C(=O)NCC(C)(O)CN(C)C. The van der Waals surface area contributed by atoms with Gasteiger partial charge in [-0.1, -0.05) is 27.2 Å². The van der Waals surface area contributed by atoms with Crippen LogP contribution in [0.5, 0.6) is 0 Å². The highest BCUT2D eigenvalue weighted by molar-refractivity contribution is 5.78. The summed E-state index contributed by atoms with van der Waals surface area (Å²) in [6, 6.07) is 0. The summed E-state index contributed by atoms with van der Waals surface area (Å²) in [5.74, 6) is 0.391. The lowest BCUT2D eigenvalue weighted by molar-refractivity contribution is -0.127. The number of nitrogens with zero attached hydrogens (tertiary/aromatic N) is 1. The Morgan fingerprint density at radius 2 is 1.94 bits per heavy atom. The van der Waals surface area contributed by atoms with Crippen LogP contribution < -0.4 is 5.32 Å². The molecule has 17 heavy (non-hydrogen) atoms. The van der Waals surface area contributed by atoms with Gasteiger partial charge in [0.1, 0.15) is 0 Å². The molecule has 4 nitrogen and oxygen atoms in total. The van der Waals surface area contributed by atoms with E-state index in [-0.39, 0.29) is 11.8 Å². The molecule has 0 aromatic rings. The Balaban J connectivity index is 4.15. The number of carbonyl (C=O) groups excluding carboxylic acids is 1. The van der Waals surface area contributed by atoms with Gasteiger partial charge in [0.15, 0.2) is 0 Å². The third-order valence-corrected chi connectivity index (χ3v) is 3.21. The maximum atomic E-state index is 11.8. The molecule has 0 aromatic heterocycles. The Morgan fingerprint density at radius 3 is 2.35 bits per heavy atom. The lowest BCUT2D eigenvalue weighted by Crippen LogP contribution is -2.48. The van der Waals surface area contributed by atoms with Crippen LogP contribution in [0.25, 0.3) is 0 Å². The van der Waals surface area contributed by atoms with Crippen LogP contribution in [-0.2, 0) is 4.79 Å². The van der Waals surface area contributed by atoms with Crippen LogP contribution in [0.4, 0.5) is 0 Å².